The van der Waals surface area contributed by atoms with Crippen molar-refractivity contribution in [1.82, 2.24) is 20.1 Å². The van der Waals surface area contributed by atoms with Gasteiger partial charge in [-0.15, -0.1) is 0 Å². The summed E-state index contributed by atoms with van der Waals surface area (Å²) in [6, 6.07) is 5.46. The van der Waals surface area contributed by atoms with Crippen molar-refractivity contribution in [2.45, 2.75) is 39.3 Å². The zero-order chi connectivity index (χ0) is 15.0. The number of benzene rings is 1. The molecule has 1 aromatic carbocycles. The molecule has 0 bridgehead atoms. The quantitative estimate of drug-likeness (QED) is 0.812. The molecule has 1 unspecified atom stereocenters. The minimum atomic E-state index is -0.0786. The summed E-state index contributed by atoms with van der Waals surface area (Å²) >= 11 is 0. The van der Waals surface area contributed by atoms with Crippen LogP contribution in [0, 0.1) is 13.8 Å². The van der Waals surface area contributed by atoms with Crippen LogP contribution >= 0.6 is 0 Å². The molecule has 3 rings (SSSR count). The number of nitrogens with zero attached hydrogens (tertiary/aromatic N) is 3. The molecular weight excluding hydrogens is 266 g/mol. The lowest BCUT2D eigenvalue weighted by atomic mass is 10.0. The van der Waals surface area contributed by atoms with E-state index in [-0.39, 0.29) is 11.9 Å². The number of nitrogens with one attached hydrogen (secondary N) is 1. The predicted octanol–water partition coefficient (Wildman–Crippen LogP) is 1.22. The van der Waals surface area contributed by atoms with Crippen LogP contribution < -0.4 is 11.1 Å². The fraction of sp³-hybridized carbons (Fsp3) is 0.400. The van der Waals surface area contributed by atoms with Gasteiger partial charge in [-0.25, -0.2) is 9.67 Å². The van der Waals surface area contributed by atoms with E-state index in [1.165, 1.54) is 0 Å². The standard InChI is InChI=1S/C15H19N5O/c1-9-3-4-11(16)7-13(9)15(21)18-12-5-6-14-17-10(2)19-20(14)8-12/h3-4,7,12H,5-6,8,16H2,1-2H3,(H,18,21). The highest BCUT2D eigenvalue weighted by Crippen LogP contribution is 2.16. The number of nitrogen functional groups attached to an aromatic ring is 1. The van der Waals surface area contributed by atoms with Gasteiger partial charge in [0, 0.05) is 23.7 Å². The van der Waals surface area contributed by atoms with Crippen LogP contribution in [0.2, 0.25) is 0 Å². The summed E-state index contributed by atoms with van der Waals surface area (Å²) in [7, 11) is 0. The number of carbonyl (C=O) groups excluding carboxylic acids is 1. The highest BCUT2D eigenvalue weighted by Gasteiger charge is 2.23. The Kier molecular flexibility index (Phi) is 3.37. The summed E-state index contributed by atoms with van der Waals surface area (Å²) in [5.41, 5.74) is 7.92. The number of amides is 1. The van der Waals surface area contributed by atoms with E-state index in [1.807, 2.05) is 24.6 Å². The summed E-state index contributed by atoms with van der Waals surface area (Å²) < 4.78 is 1.88. The first-order chi connectivity index (χ1) is 10.0. The summed E-state index contributed by atoms with van der Waals surface area (Å²) in [6.45, 7) is 4.46. The van der Waals surface area contributed by atoms with Gasteiger partial charge in [0.2, 0.25) is 0 Å². The van der Waals surface area contributed by atoms with Crippen LogP contribution in [-0.2, 0) is 13.0 Å². The Bertz CT molecular complexity index is 691. The number of rotatable bonds is 2. The average Bonchev–Trinajstić information content (AvgIpc) is 2.80. The van der Waals surface area contributed by atoms with Crippen LogP contribution in [0.3, 0.4) is 0 Å². The molecule has 6 nitrogen and oxygen atoms in total. The molecule has 0 spiro atoms. The molecule has 1 aromatic heterocycles. The third-order valence-electron chi connectivity index (χ3n) is 3.81. The third-order valence-corrected chi connectivity index (χ3v) is 3.81. The van der Waals surface area contributed by atoms with Gasteiger partial charge in [0.25, 0.3) is 5.91 Å². The monoisotopic (exact) mass is 285 g/mol. The van der Waals surface area contributed by atoms with Crippen LogP contribution in [0.1, 0.15) is 34.0 Å². The second kappa shape index (κ2) is 5.20. The zero-order valence-electron chi connectivity index (χ0n) is 12.3. The Morgan fingerprint density at radius 3 is 3.05 bits per heavy atom. The Morgan fingerprint density at radius 2 is 2.24 bits per heavy atom. The smallest absolute Gasteiger partial charge is 0.251 e. The van der Waals surface area contributed by atoms with E-state index in [0.717, 1.165) is 30.1 Å². The number of nitrogens with two attached hydrogens (primary N) is 1. The molecule has 0 aliphatic carbocycles. The third kappa shape index (κ3) is 2.74. The lowest BCUT2D eigenvalue weighted by Gasteiger charge is -2.24. The van der Waals surface area contributed by atoms with Crippen LogP contribution in [0.5, 0.6) is 0 Å². The van der Waals surface area contributed by atoms with E-state index in [1.54, 1.807) is 12.1 Å². The molecule has 0 fully saturated rings. The van der Waals surface area contributed by atoms with Crippen molar-refractivity contribution in [1.29, 1.82) is 0 Å². The maximum atomic E-state index is 12.4. The van der Waals surface area contributed by atoms with Gasteiger partial charge >= 0.3 is 0 Å². The fourth-order valence-electron chi connectivity index (χ4n) is 2.70. The molecule has 6 heteroatoms. The van der Waals surface area contributed by atoms with Crippen molar-refractivity contribution in [3.8, 4) is 0 Å². The van der Waals surface area contributed by atoms with Crippen molar-refractivity contribution in [3.05, 3.63) is 41.0 Å². The molecule has 2 aromatic rings. The Morgan fingerprint density at radius 1 is 1.43 bits per heavy atom. The fourth-order valence-corrected chi connectivity index (χ4v) is 2.70. The van der Waals surface area contributed by atoms with E-state index < -0.39 is 0 Å². The minimum absolute atomic E-state index is 0.0759. The van der Waals surface area contributed by atoms with E-state index in [4.69, 9.17) is 5.73 Å². The molecule has 0 saturated carbocycles. The first-order valence-electron chi connectivity index (χ1n) is 7.10. The van der Waals surface area contributed by atoms with E-state index in [9.17, 15) is 4.79 Å². The van der Waals surface area contributed by atoms with Gasteiger partial charge in [0.05, 0.1) is 6.54 Å². The van der Waals surface area contributed by atoms with Gasteiger partial charge in [0.1, 0.15) is 11.6 Å². The molecule has 2 heterocycles. The zero-order valence-corrected chi connectivity index (χ0v) is 12.3. The largest absolute Gasteiger partial charge is 0.399 e. The molecule has 1 aliphatic heterocycles. The second-order valence-corrected chi connectivity index (χ2v) is 5.54. The van der Waals surface area contributed by atoms with Gasteiger partial charge in [0.15, 0.2) is 0 Å². The molecule has 1 aliphatic rings. The summed E-state index contributed by atoms with van der Waals surface area (Å²) in [5.74, 6) is 1.70. The number of anilines is 1. The number of aromatic nitrogens is 3. The van der Waals surface area contributed by atoms with E-state index in [0.29, 0.717) is 17.8 Å². The van der Waals surface area contributed by atoms with Crippen molar-refractivity contribution in [2.24, 2.45) is 0 Å². The van der Waals surface area contributed by atoms with Gasteiger partial charge in [-0.2, -0.15) is 5.10 Å². The van der Waals surface area contributed by atoms with Crippen LogP contribution in [0.4, 0.5) is 5.69 Å². The topological polar surface area (TPSA) is 85.8 Å². The second-order valence-electron chi connectivity index (χ2n) is 5.54. The summed E-state index contributed by atoms with van der Waals surface area (Å²) in [4.78, 5) is 16.8. The molecular formula is C15H19N5O. The lowest BCUT2D eigenvalue weighted by molar-refractivity contribution is 0.0925. The molecule has 21 heavy (non-hydrogen) atoms. The summed E-state index contributed by atoms with van der Waals surface area (Å²) in [6.07, 6.45) is 1.72. The number of fused-ring (bicyclic) bond motifs is 1. The first kappa shape index (κ1) is 13.6. The maximum Gasteiger partial charge on any atom is 0.251 e. The highest BCUT2D eigenvalue weighted by atomic mass is 16.1. The van der Waals surface area contributed by atoms with Gasteiger partial charge in [-0.3, -0.25) is 4.79 Å². The van der Waals surface area contributed by atoms with Crippen LogP contribution in [0.25, 0.3) is 0 Å². The van der Waals surface area contributed by atoms with Gasteiger partial charge < -0.3 is 11.1 Å². The summed E-state index contributed by atoms with van der Waals surface area (Å²) in [5, 5.41) is 7.42. The van der Waals surface area contributed by atoms with Crippen molar-refractivity contribution in [2.75, 3.05) is 5.73 Å². The van der Waals surface area contributed by atoms with Crippen molar-refractivity contribution in [3.63, 3.8) is 0 Å². The average molecular weight is 285 g/mol. The SMILES string of the molecule is Cc1nc2n(n1)CC(NC(=O)c1cc(N)ccc1C)CC2. The normalized spacial score (nSPS) is 17.3. The van der Waals surface area contributed by atoms with Crippen LogP contribution in [-0.4, -0.2) is 26.7 Å². The van der Waals surface area contributed by atoms with Crippen molar-refractivity contribution < 1.29 is 4.79 Å². The van der Waals surface area contributed by atoms with Crippen molar-refractivity contribution >= 4 is 11.6 Å². The Labute approximate surface area is 123 Å². The van der Waals surface area contributed by atoms with Gasteiger partial charge in [-0.05, 0) is 38.0 Å². The maximum absolute atomic E-state index is 12.4. The molecule has 0 radical (unpaired) electrons. The highest BCUT2D eigenvalue weighted by molar-refractivity contribution is 5.96. The molecule has 110 valence electrons. The molecule has 1 amide bonds. The number of carbonyl (C=O) groups is 1. The van der Waals surface area contributed by atoms with Gasteiger partial charge in [-0.1, -0.05) is 6.07 Å². The first-order valence-corrected chi connectivity index (χ1v) is 7.10. The Balaban J connectivity index is 1.73. The van der Waals surface area contributed by atoms with Crippen LogP contribution in [0.15, 0.2) is 18.2 Å². The number of aryl methyl sites for hydroxylation is 3. The molecule has 3 N–H and O–H groups in total. The number of hydrogen-bond donors (Lipinski definition) is 2. The predicted molar refractivity (Wildman–Crippen MR) is 79.9 cm³/mol. The van der Waals surface area contributed by atoms with E-state index >= 15 is 0 Å². The Hall–Kier alpha value is -2.37. The minimum Gasteiger partial charge on any atom is -0.399 e. The van der Waals surface area contributed by atoms with E-state index in [2.05, 4.69) is 15.4 Å². The molecule has 0 saturated heterocycles. The lowest BCUT2D eigenvalue weighted by Crippen LogP contribution is -2.41. The number of hydrogen-bond acceptors (Lipinski definition) is 4. The molecule has 1 atom stereocenters.